The van der Waals surface area contributed by atoms with E-state index in [9.17, 15) is 4.79 Å². The maximum absolute atomic E-state index is 12.6. The Bertz CT molecular complexity index is 1300. The van der Waals surface area contributed by atoms with Crippen molar-refractivity contribution < 1.29 is 18.7 Å². The third-order valence-corrected chi connectivity index (χ3v) is 5.37. The molecule has 0 fully saturated rings. The highest BCUT2D eigenvalue weighted by Crippen LogP contribution is 2.38. The number of hydrogen-bond acceptors (Lipinski definition) is 4. The number of hydrogen-bond donors (Lipinski definition) is 1. The van der Waals surface area contributed by atoms with Crippen LogP contribution in [0.5, 0.6) is 11.5 Å². The van der Waals surface area contributed by atoms with Crippen LogP contribution >= 0.6 is 0 Å². The van der Waals surface area contributed by atoms with Gasteiger partial charge < -0.3 is 19.2 Å². The lowest BCUT2D eigenvalue weighted by Gasteiger charge is -2.10. The fourth-order valence-electron chi connectivity index (χ4n) is 3.64. The van der Waals surface area contributed by atoms with Crippen molar-refractivity contribution >= 4 is 28.1 Å². The minimum Gasteiger partial charge on any atom is -0.497 e. The molecule has 0 atom stereocenters. The zero-order chi connectivity index (χ0) is 22.7. The Morgan fingerprint density at radius 1 is 1.00 bits per heavy atom. The average molecular weight is 428 g/mol. The Labute approximate surface area is 187 Å². The highest BCUT2D eigenvalue weighted by Gasteiger charge is 2.15. The van der Waals surface area contributed by atoms with Crippen LogP contribution < -0.4 is 14.8 Å². The fraction of sp³-hybridized carbons (Fsp3) is 0.148. The number of aryl methyl sites for hydroxylation is 1. The summed E-state index contributed by atoms with van der Waals surface area (Å²) >= 11 is 0. The molecule has 0 radical (unpaired) electrons. The zero-order valence-electron chi connectivity index (χ0n) is 18.6. The lowest BCUT2D eigenvalue weighted by molar-refractivity contribution is -0.111. The van der Waals surface area contributed by atoms with E-state index in [0.717, 1.165) is 44.7 Å². The molecule has 0 aliphatic carbocycles. The standard InChI is InChI=1S/C27H25NO4/c1-17-8-10-20(11-9-17)28-27(29)12-18(2)22-14-23-24(16-32-26(23)15-25(22)31-4)19-6-5-7-21(13-19)30-3/h5-16H,1-4H3,(H,28,29)/b18-12+. The molecule has 1 aromatic heterocycles. The highest BCUT2D eigenvalue weighted by atomic mass is 16.5. The van der Waals surface area contributed by atoms with E-state index in [4.69, 9.17) is 13.9 Å². The first-order chi connectivity index (χ1) is 15.5. The maximum Gasteiger partial charge on any atom is 0.248 e. The molecule has 1 amide bonds. The highest BCUT2D eigenvalue weighted by molar-refractivity contribution is 6.05. The Hall–Kier alpha value is -3.99. The number of nitrogens with one attached hydrogen (secondary N) is 1. The van der Waals surface area contributed by atoms with Crippen LogP contribution in [-0.2, 0) is 4.79 Å². The first kappa shape index (κ1) is 21.2. The summed E-state index contributed by atoms with van der Waals surface area (Å²) in [7, 11) is 3.25. The molecular weight excluding hydrogens is 402 g/mol. The minimum atomic E-state index is -0.200. The van der Waals surface area contributed by atoms with Gasteiger partial charge in [-0.15, -0.1) is 0 Å². The van der Waals surface area contributed by atoms with E-state index < -0.39 is 0 Å². The third-order valence-electron chi connectivity index (χ3n) is 5.37. The van der Waals surface area contributed by atoms with E-state index >= 15 is 0 Å². The predicted molar refractivity (Wildman–Crippen MR) is 128 cm³/mol. The molecule has 0 spiro atoms. The van der Waals surface area contributed by atoms with Crippen LogP contribution in [0.1, 0.15) is 18.1 Å². The predicted octanol–water partition coefficient (Wildman–Crippen LogP) is 6.47. The number of rotatable bonds is 6. The zero-order valence-corrected chi connectivity index (χ0v) is 18.6. The number of methoxy groups -OCH3 is 2. The number of carbonyl (C=O) groups is 1. The van der Waals surface area contributed by atoms with Crippen LogP contribution in [0.3, 0.4) is 0 Å². The molecule has 0 saturated heterocycles. The molecule has 1 N–H and O–H groups in total. The summed E-state index contributed by atoms with van der Waals surface area (Å²) in [5.74, 6) is 1.21. The number of furan rings is 1. The quantitative estimate of drug-likeness (QED) is 0.358. The van der Waals surface area contributed by atoms with Gasteiger partial charge in [0.2, 0.25) is 5.91 Å². The number of anilines is 1. The van der Waals surface area contributed by atoms with E-state index in [2.05, 4.69) is 5.32 Å². The summed E-state index contributed by atoms with van der Waals surface area (Å²) in [5.41, 5.74) is 6.13. The van der Waals surface area contributed by atoms with Gasteiger partial charge in [-0.05, 0) is 55.3 Å². The molecule has 1 heterocycles. The van der Waals surface area contributed by atoms with Crippen molar-refractivity contribution in [1.29, 1.82) is 0 Å². The number of benzene rings is 3. The molecule has 3 aromatic carbocycles. The molecule has 162 valence electrons. The van der Waals surface area contributed by atoms with Gasteiger partial charge in [-0.25, -0.2) is 0 Å². The molecule has 5 nitrogen and oxygen atoms in total. The van der Waals surface area contributed by atoms with Crippen molar-refractivity contribution in [3.63, 3.8) is 0 Å². The Kier molecular flexibility index (Phi) is 5.99. The number of carbonyl (C=O) groups excluding carboxylic acids is 1. The second kappa shape index (κ2) is 9.02. The van der Waals surface area contributed by atoms with E-state index in [1.807, 2.05) is 74.5 Å². The molecule has 5 heteroatoms. The summed E-state index contributed by atoms with van der Waals surface area (Å²) < 4.78 is 16.7. The van der Waals surface area contributed by atoms with Crippen LogP contribution in [-0.4, -0.2) is 20.1 Å². The van der Waals surface area contributed by atoms with E-state index in [1.165, 1.54) is 0 Å². The molecule has 32 heavy (non-hydrogen) atoms. The Balaban J connectivity index is 1.71. The van der Waals surface area contributed by atoms with Gasteiger partial charge in [-0.1, -0.05) is 29.8 Å². The van der Waals surface area contributed by atoms with Gasteiger partial charge in [0.15, 0.2) is 0 Å². The van der Waals surface area contributed by atoms with Crippen LogP contribution in [0.15, 0.2) is 77.4 Å². The van der Waals surface area contributed by atoms with E-state index in [0.29, 0.717) is 11.3 Å². The molecule has 0 unspecified atom stereocenters. The molecular formula is C27H25NO4. The SMILES string of the molecule is COc1cccc(-c2coc3cc(OC)c(/C(C)=C/C(=O)Nc4ccc(C)cc4)cc23)c1. The average Bonchev–Trinajstić information content (AvgIpc) is 3.22. The van der Waals surface area contributed by atoms with E-state index in [1.54, 1.807) is 26.6 Å². The Morgan fingerprint density at radius 2 is 1.78 bits per heavy atom. The molecule has 0 bridgehead atoms. The summed E-state index contributed by atoms with van der Waals surface area (Å²) in [4.78, 5) is 12.6. The number of ether oxygens (including phenoxy) is 2. The van der Waals surface area contributed by atoms with Gasteiger partial charge in [0.1, 0.15) is 17.1 Å². The number of amides is 1. The van der Waals surface area contributed by atoms with Crippen LogP contribution in [0.2, 0.25) is 0 Å². The first-order valence-electron chi connectivity index (χ1n) is 10.3. The topological polar surface area (TPSA) is 60.7 Å². The maximum atomic E-state index is 12.6. The summed E-state index contributed by atoms with van der Waals surface area (Å²) in [6.45, 7) is 3.90. The molecule has 0 saturated carbocycles. The summed E-state index contributed by atoms with van der Waals surface area (Å²) in [6.07, 6.45) is 3.31. The lowest BCUT2D eigenvalue weighted by atomic mass is 9.99. The van der Waals surface area contributed by atoms with Gasteiger partial charge >= 0.3 is 0 Å². The van der Waals surface area contributed by atoms with Gasteiger partial charge in [0.05, 0.1) is 20.5 Å². The number of fused-ring (bicyclic) bond motifs is 1. The van der Waals surface area contributed by atoms with Crippen LogP contribution in [0.25, 0.3) is 27.7 Å². The van der Waals surface area contributed by atoms with Gasteiger partial charge in [-0.3, -0.25) is 4.79 Å². The van der Waals surface area contributed by atoms with Gasteiger partial charge in [0, 0.05) is 34.3 Å². The van der Waals surface area contributed by atoms with Crippen molar-refractivity contribution in [2.24, 2.45) is 0 Å². The number of allylic oxidation sites excluding steroid dienone is 1. The van der Waals surface area contributed by atoms with Crippen molar-refractivity contribution in [2.75, 3.05) is 19.5 Å². The van der Waals surface area contributed by atoms with Crippen LogP contribution in [0, 0.1) is 6.92 Å². The molecule has 4 rings (SSSR count). The van der Waals surface area contributed by atoms with Crippen LogP contribution in [0.4, 0.5) is 5.69 Å². The monoisotopic (exact) mass is 427 g/mol. The largest absolute Gasteiger partial charge is 0.497 e. The Morgan fingerprint density at radius 3 is 2.50 bits per heavy atom. The van der Waals surface area contributed by atoms with Crippen molar-refractivity contribution in [3.8, 4) is 22.6 Å². The molecule has 0 aliphatic heterocycles. The van der Waals surface area contributed by atoms with E-state index in [-0.39, 0.29) is 5.91 Å². The van der Waals surface area contributed by atoms with Gasteiger partial charge in [-0.2, -0.15) is 0 Å². The van der Waals surface area contributed by atoms with Crippen molar-refractivity contribution in [2.45, 2.75) is 13.8 Å². The fourth-order valence-corrected chi connectivity index (χ4v) is 3.64. The van der Waals surface area contributed by atoms with Crippen molar-refractivity contribution in [1.82, 2.24) is 0 Å². The smallest absolute Gasteiger partial charge is 0.248 e. The second-order valence-electron chi connectivity index (χ2n) is 7.61. The minimum absolute atomic E-state index is 0.200. The lowest BCUT2D eigenvalue weighted by Crippen LogP contribution is -2.08. The second-order valence-corrected chi connectivity index (χ2v) is 7.61. The molecule has 0 aliphatic rings. The van der Waals surface area contributed by atoms with Crippen molar-refractivity contribution in [3.05, 3.63) is 84.1 Å². The van der Waals surface area contributed by atoms with Gasteiger partial charge in [0.25, 0.3) is 0 Å². The summed E-state index contributed by atoms with van der Waals surface area (Å²) in [6, 6.07) is 19.4. The normalized spacial score (nSPS) is 11.4. The first-order valence-corrected chi connectivity index (χ1v) is 10.3. The molecule has 4 aromatic rings. The summed E-state index contributed by atoms with van der Waals surface area (Å²) in [5, 5.41) is 3.83. The third kappa shape index (κ3) is 4.37.